The molecule has 1 saturated heterocycles. The number of rotatable bonds is 38. The fraction of sp³-hybridized carbons (Fsp3) is 0.957. The first-order chi connectivity index (χ1) is 27.3. The molecule has 1 aliphatic rings. The first-order valence-corrected chi connectivity index (χ1v) is 23.9. The third-order valence-corrected chi connectivity index (χ3v) is 11.6. The quantitative estimate of drug-likeness (QED) is 0.0387. The summed E-state index contributed by atoms with van der Waals surface area (Å²) >= 11 is 0. The van der Waals surface area contributed by atoms with Gasteiger partial charge in [-0.2, -0.15) is 0 Å². The predicted molar refractivity (Wildman–Crippen MR) is 230 cm³/mol. The van der Waals surface area contributed by atoms with Crippen LogP contribution in [0.5, 0.6) is 0 Å². The lowest BCUT2D eigenvalue weighted by molar-refractivity contribution is -0.226. The third-order valence-electron chi connectivity index (χ3n) is 11.6. The Balaban J connectivity index is 2.49. The molecule has 0 aromatic rings. The van der Waals surface area contributed by atoms with Gasteiger partial charge in [0.25, 0.3) is 0 Å². The van der Waals surface area contributed by atoms with Crippen molar-refractivity contribution in [1.29, 1.82) is 0 Å². The summed E-state index contributed by atoms with van der Waals surface area (Å²) in [7, 11) is 0. The molecule has 332 valence electrons. The van der Waals surface area contributed by atoms with Crippen molar-refractivity contribution in [3.8, 4) is 0 Å². The zero-order valence-corrected chi connectivity index (χ0v) is 36.7. The van der Waals surface area contributed by atoms with E-state index in [1.807, 2.05) is 0 Å². The van der Waals surface area contributed by atoms with Crippen LogP contribution in [0.25, 0.3) is 0 Å². The molecule has 0 bridgehead atoms. The number of aliphatic hydroxyl groups is 3. The van der Waals surface area contributed by atoms with E-state index in [9.17, 15) is 24.9 Å². The second-order valence-electron chi connectivity index (χ2n) is 17.0. The molecule has 56 heavy (non-hydrogen) atoms. The van der Waals surface area contributed by atoms with Gasteiger partial charge in [-0.05, 0) is 19.8 Å². The molecule has 2 amide bonds. The van der Waals surface area contributed by atoms with Crippen molar-refractivity contribution in [2.75, 3.05) is 19.8 Å². The Morgan fingerprint density at radius 3 is 1.32 bits per heavy atom. The molecule has 0 unspecified atom stereocenters. The van der Waals surface area contributed by atoms with Crippen LogP contribution in [0, 0.1) is 0 Å². The topological polar surface area (TPSA) is 155 Å². The Morgan fingerprint density at radius 2 is 0.964 bits per heavy atom. The fourth-order valence-corrected chi connectivity index (χ4v) is 7.86. The Hall–Kier alpha value is -1.46. The average Bonchev–Trinajstić information content (AvgIpc) is 3.19. The molecule has 0 spiro atoms. The van der Waals surface area contributed by atoms with Crippen molar-refractivity contribution < 1.29 is 34.4 Å². The molecule has 10 nitrogen and oxygen atoms in total. The SMILES string of the molecule is CCCCCCCCCCCCCCCCCCOC(=O)N(CCCCCCCCCCCCCCCCCC)[C@@H]1O[C@H](CO)[C@@H](O)[C@H](O)[C@H]1NC(=O)[C@H](C)N. The molecule has 1 rings (SSSR count). The normalized spacial score (nSPS) is 20.2. The molecule has 0 aromatic carbocycles. The number of nitrogens with two attached hydrogens (primary N) is 1. The van der Waals surface area contributed by atoms with Crippen LogP contribution < -0.4 is 11.1 Å². The summed E-state index contributed by atoms with van der Waals surface area (Å²) in [6.07, 6.45) is 34.3. The van der Waals surface area contributed by atoms with E-state index in [2.05, 4.69) is 19.2 Å². The van der Waals surface area contributed by atoms with Gasteiger partial charge in [0.15, 0.2) is 6.23 Å². The van der Waals surface area contributed by atoms with Gasteiger partial charge in [-0.1, -0.05) is 206 Å². The Bertz CT molecular complexity index is 910. The van der Waals surface area contributed by atoms with E-state index in [0.29, 0.717) is 13.0 Å². The molecule has 0 aromatic heterocycles. The van der Waals surface area contributed by atoms with Gasteiger partial charge < -0.3 is 35.8 Å². The number of hydrogen-bond donors (Lipinski definition) is 5. The van der Waals surface area contributed by atoms with Gasteiger partial charge in [0.05, 0.1) is 19.3 Å². The molecular weight excluding hydrogens is 707 g/mol. The molecule has 0 saturated carbocycles. The van der Waals surface area contributed by atoms with E-state index in [-0.39, 0.29) is 6.61 Å². The van der Waals surface area contributed by atoms with Crippen LogP contribution in [-0.2, 0) is 14.3 Å². The third kappa shape index (κ3) is 25.8. The Morgan fingerprint density at radius 1 is 0.607 bits per heavy atom. The highest BCUT2D eigenvalue weighted by atomic mass is 16.6. The number of nitrogens with one attached hydrogen (secondary N) is 1. The Labute approximate surface area is 344 Å². The van der Waals surface area contributed by atoms with Crippen LogP contribution in [0.4, 0.5) is 4.79 Å². The van der Waals surface area contributed by atoms with Gasteiger partial charge in [0.1, 0.15) is 24.4 Å². The number of hydrogen-bond acceptors (Lipinski definition) is 8. The number of ether oxygens (including phenoxy) is 2. The maximum Gasteiger partial charge on any atom is 0.411 e. The number of unbranched alkanes of at least 4 members (excludes halogenated alkanes) is 30. The summed E-state index contributed by atoms with van der Waals surface area (Å²) in [5.74, 6) is -0.541. The summed E-state index contributed by atoms with van der Waals surface area (Å²) in [4.78, 5) is 27.7. The molecule has 1 heterocycles. The van der Waals surface area contributed by atoms with Crippen LogP contribution in [0.3, 0.4) is 0 Å². The molecule has 6 N–H and O–H groups in total. The van der Waals surface area contributed by atoms with Crippen LogP contribution in [-0.4, -0.2) is 88.6 Å². The van der Waals surface area contributed by atoms with Crippen LogP contribution in [0.2, 0.25) is 0 Å². The largest absolute Gasteiger partial charge is 0.449 e. The van der Waals surface area contributed by atoms with Crippen LogP contribution in [0.1, 0.15) is 226 Å². The highest BCUT2D eigenvalue weighted by molar-refractivity contribution is 5.81. The summed E-state index contributed by atoms with van der Waals surface area (Å²) in [5.41, 5.74) is 5.81. The van der Waals surface area contributed by atoms with E-state index in [1.54, 1.807) is 0 Å². The maximum atomic E-state index is 13.6. The smallest absolute Gasteiger partial charge is 0.411 e. The van der Waals surface area contributed by atoms with Gasteiger partial charge in [-0.15, -0.1) is 0 Å². The first kappa shape index (κ1) is 52.6. The predicted octanol–water partition coefficient (Wildman–Crippen LogP) is 10.2. The standard InChI is InChI=1S/C46H91N3O7/c1-4-6-8-10-12-14-16-18-20-22-24-26-28-30-32-34-36-49(45-41(48-44(53)39(3)47)43(52)42(51)40(38-50)56-45)46(54)55-37-35-33-31-29-27-25-23-21-19-17-15-13-11-9-7-5-2/h39-43,45,50-52H,4-38,47H2,1-3H3,(H,48,53)/t39-,40+,41+,42+,43+,45+/m0/s1. The zero-order chi connectivity index (χ0) is 41.1. The minimum absolute atomic E-state index is 0.269. The number of aliphatic hydroxyl groups excluding tert-OH is 3. The lowest BCUT2D eigenvalue weighted by Crippen LogP contribution is -2.69. The summed E-state index contributed by atoms with van der Waals surface area (Å²) in [6, 6.07) is -2.01. The average molecular weight is 798 g/mol. The van der Waals surface area contributed by atoms with E-state index < -0.39 is 55.2 Å². The van der Waals surface area contributed by atoms with Crippen molar-refractivity contribution >= 4 is 12.0 Å². The number of carbonyl (C=O) groups excluding carboxylic acids is 2. The second-order valence-corrected chi connectivity index (χ2v) is 17.0. The minimum atomic E-state index is -1.48. The van der Waals surface area contributed by atoms with Crippen molar-refractivity contribution in [2.24, 2.45) is 5.73 Å². The lowest BCUT2D eigenvalue weighted by atomic mass is 9.95. The van der Waals surface area contributed by atoms with Crippen molar-refractivity contribution in [3.05, 3.63) is 0 Å². The molecule has 6 atom stereocenters. The van der Waals surface area contributed by atoms with Crippen LogP contribution in [0.15, 0.2) is 0 Å². The highest BCUT2D eigenvalue weighted by Gasteiger charge is 2.48. The van der Waals surface area contributed by atoms with Gasteiger partial charge >= 0.3 is 6.09 Å². The van der Waals surface area contributed by atoms with Crippen molar-refractivity contribution in [2.45, 2.75) is 263 Å². The van der Waals surface area contributed by atoms with E-state index in [0.717, 1.165) is 38.5 Å². The summed E-state index contributed by atoms with van der Waals surface area (Å²) in [5, 5.41) is 34.3. The second kappa shape index (κ2) is 36.6. The van der Waals surface area contributed by atoms with E-state index in [4.69, 9.17) is 15.2 Å². The lowest BCUT2D eigenvalue weighted by Gasteiger charge is -2.46. The molecule has 1 aliphatic heterocycles. The fourth-order valence-electron chi connectivity index (χ4n) is 7.86. The van der Waals surface area contributed by atoms with Crippen molar-refractivity contribution in [1.82, 2.24) is 10.2 Å². The minimum Gasteiger partial charge on any atom is -0.449 e. The molecule has 0 aliphatic carbocycles. The summed E-state index contributed by atoms with van der Waals surface area (Å²) in [6.45, 7) is 6.07. The number of carbonyl (C=O) groups is 2. The maximum absolute atomic E-state index is 13.6. The summed E-state index contributed by atoms with van der Waals surface area (Å²) < 4.78 is 11.8. The number of amides is 2. The van der Waals surface area contributed by atoms with Crippen LogP contribution >= 0.6 is 0 Å². The molecule has 10 heteroatoms. The van der Waals surface area contributed by atoms with E-state index >= 15 is 0 Å². The zero-order valence-electron chi connectivity index (χ0n) is 36.7. The number of nitrogens with zero attached hydrogens (tertiary/aromatic N) is 1. The first-order valence-electron chi connectivity index (χ1n) is 23.9. The highest BCUT2D eigenvalue weighted by Crippen LogP contribution is 2.26. The Kier molecular flexibility index (Phi) is 34.4. The van der Waals surface area contributed by atoms with Gasteiger partial charge in [-0.3, -0.25) is 9.69 Å². The van der Waals surface area contributed by atoms with Gasteiger partial charge in [0, 0.05) is 6.54 Å². The molecule has 1 fully saturated rings. The van der Waals surface area contributed by atoms with Gasteiger partial charge in [-0.25, -0.2) is 4.79 Å². The molecular formula is C46H91N3O7. The van der Waals surface area contributed by atoms with Gasteiger partial charge in [0.2, 0.25) is 5.91 Å². The van der Waals surface area contributed by atoms with Crippen molar-refractivity contribution in [3.63, 3.8) is 0 Å². The monoisotopic (exact) mass is 798 g/mol. The molecule has 0 radical (unpaired) electrons. The van der Waals surface area contributed by atoms with E-state index in [1.165, 1.54) is 172 Å².